The molecule has 0 saturated carbocycles. The number of carbonyl (C=O) groups excluding carboxylic acids is 4. The lowest BCUT2D eigenvalue weighted by molar-refractivity contribution is -0.144. The molecule has 0 spiro atoms. The van der Waals surface area contributed by atoms with Gasteiger partial charge in [-0.2, -0.15) is 0 Å². The van der Waals surface area contributed by atoms with E-state index in [0.29, 0.717) is 22.5 Å². The first-order chi connectivity index (χ1) is 16.7. The van der Waals surface area contributed by atoms with E-state index in [1.165, 1.54) is 0 Å². The summed E-state index contributed by atoms with van der Waals surface area (Å²) in [4.78, 5) is 55.6. The zero-order valence-electron chi connectivity index (χ0n) is 19.9. The molecule has 1 fully saturated rings. The first-order valence-corrected chi connectivity index (χ1v) is 11.2. The third-order valence-electron chi connectivity index (χ3n) is 5.79. The average Bonchev–Trinajstić information content (AvgIpc) is 3.07. The fourth-order valence-corrected chi connectivity index (χ4v) is 3.85. The molecular weight excluding hydrogens is 450 g/mol. The molecule has 1 aliphatic rings. The van der Waals surface area contributed by atoms with Crippen LogP contribution < -0.4 is 16.4 Å². The molecule has 1 aliphatic heterocycles. The van der Waals surface area contributed by atoms with Gasteiger partial charge < -0.3 is 21.1 Å². The lowest BCUT2D eigenvalue weighted by Gasteiger charge is -2.23. The molecule has 35 heavy (non-hydrogen) atoms. The zero-order valence-corrected chi connectivity index (χ0v) is 19.9. The van der Waals surface area contributed by atoms with Gasteiger partial charge in [0, 0.05) is 12.6 Å². The quantitative estimate of drug-likeness (QED) is 0.216. The van der Waals surface area contributed by atoms with Crippen molar-refractivity contribution in [3.05, 3.63) is 71.3 Å². The third kappa shape index (κ3) is 5.65. The van der Waals surface area contributed by atoms with E-state index in [1.807, 2.05) is 6.07 Å². The van der Waals surface area contributed by atoms with Crippen LogP contribution in [0, 0.1) is 0 Å². The highest BCUT2D eigenvalue weighted by molar-refractivity contribution is 6.09. The third-order valence-corrected chi connectivity index (χ3v) is 5.79. The highest BCUT2D eigenvalue weighted by Crippen LogP contribution is 2.29. The molecular formula is C25H29N5O5. The van der Waals surface area contributed by atoms with Crippen molar-refractivity contribution in [3.63, 3.8) is 0 Å². The summed E-state index contributed by atoms with van der Waals surface area (Å²) in [6.45, 7) is 2.99. The van der Waals surface area contributed by atoms with Gasteiger partial charge in [-0.05, 0) is 25.0 Å². The lowest BCUT2D eigenvalue weighted by Crippen LogP contribution is -2.44. The van der Waals surface area contributed by atoms with Gasteiger partial charge >= 0.3 is 12.0 Å². The van der Waals surface area contributed by atoms with Gasteiger partial charge in [0.2, 0.25) is 5.91 Å². The van der Waals surface area contributed by atoms with E-state index in [0.717, 1.165) is 4.90 Å². The summed E-state index contributed by atoms with van der Waals surface area (Å²) in [7, 11) is 1.57. The van der Waals surface area contributed by atoms with E-state index in [1.54, 1.807) is 69.4 Å². The molecule has 1 heterocycles. The highest BCUT2D eigenvalue weighted by Gasteiger charge is 2.49. The van der Waals surface area contributed by atoms with Crippen LogP contribution in [-0.4, -0.2) is 54.7 Å². The van der Waals surface area contributed by atoms with Crippen LogP contribution in [0.4, 0.5) is 4.79 Å². The maximum Gasteiger partial charge on any atom is 0.325 e. The molecule has 0 unspecified atom stereocenters. The van der Waals surface area contributed by atoms with Crippen LogP contribution in [0.5, 0.6) is 0 Å². The fraction of sp³-hybridized carbons (Fsp3) is 0.320. The summed E-state index contributed by atoms with van der Waals surface area (Å²) in [5.74, 6) is -1.28. The minimum Gasteiger partial charge on any atom is -0.466 e. The number of carbonyl (C=O) groups is 4. The lowest BCUT2D eigenvalue weighted by atomic mass is 9.91. The minimum atomic E-state index is -1.35. The monoisotopic (exact) mass is 479 g/mol. The Morgan fingerprint density at radius 1 is 1.14 bits per heavy atom. The summed E-state index contributed by atoms with van der Waals surface area (Å²) in [5, 5.41) is 5.41. The number of nitrogens with two attached hydrogens (primary N) is 1. The normalized spacial score (nSPS) is 18.7. The van der Waals surface area contributed by atoms with Crippen LogP contribution >= 0.6 is 0 Å². The van der Waals surface area contributed by atoms with E-state index in [4.69, 9.17) is 10.5 Å². The van der Waals surface area contributed by atoms with Crippen LogP contribution in [0.2, 0.25) is 0 Å². The minimum absolute atomic E-state index is 0.0853. The van der Waals surface area contributed by atoms with Gasteiger partial charge in [0.15, 0.2) is 0 Å². The Balaban J connectivity index is 1.74. The molecule has 4 N–H and O–H groups in total. The topological polar surface area (TPSA) is 143 Å². The van der Waals surface area contributed by atoms with E-state index < -0.39 is 41.9 Å². The summed E-state index contributed by atoms with van der Waals surface area (Å²) in [5.41, 5.74) is 6.39. The molecule has 4 amide bonds. The Morgan fingerprint density at radius 3 is 2.40 bits per heavy atom. The van der Waals surface area contributed by atoms with Crippen LogP contribution in [0.25, 0.3) is 0 Å². The molecule has 2 aromatic carbocycles. The largest absolute Gasteiger partial charge is 0.466 e. The molecule has 10 nitrogen and oxygen atoms in total. The molecule has 3 rings (SSSR count). The van der Waals surface area contributed by atoms with Crippen molar-refractivity contribution in [1.29, 1.82) is 0 Å². The van der Waals surface area contributed by atoms with Crippen LogP contribution in [0.3, 0.4) is 0 Å². The molecule has 0 radical (unpaired) electrons. The van der Waals surface area contributed by atoms with E-state index in [-0.39, 0.29) is 13.0 Å². The number of benzene rings is 2. The molecule has 0 bridgehead atoms. The number of nitrogens with one attached hydrogen (secondary N) is 2. The molecule has 10 heteroatoms. The average molecular weight is 480 g/mol. The van der Waals surface area contributed by atoms with Gasteiger partial charge in [-0.15, -0.1) is 0 Å². The Labute approximate surface area is 203 Å². The van der Waals surface area contributed by atoms with Crippen molar-refractivity contribution in [1.82, 2.24) is 15.5 Å². The predicted molar refractivity (Wildman–Crippen MR) is 129 cm³/mol. The molecule has 184 valence electrons. The van der Waals surface area contributed by atoms with E-state index in [9.17, 15) is 19.2 Å². The standard InChI is InChI=1S/C25H29N5O5/c1-4-35-21(32)14-19(16-8-6-5-7-9-16)28-20(31)15-30-23(33)25(2,29-24(30)34)18-12-10-17(11-13-18)22(26)27-3/h5-13,19H,4,14-15H2,1-3H3,(H2,26,27)(H,28,31)(H,29,34)/t19-,25-/m1/s1. The Kier molecular flexibility index (Phi) is 7.85. The first kappa shape index (κ1) is 25.4. The number of hydrogen-bond donors (Lipinski definition) is 3. The summed E-state index contributed by atoms with van der Waals surface area (Å²) >= 11 is 0. The van der Waals surface area contributed by atoms with Crippen LogP contribution in [-0.2, 0) is 24.7 Å². The number of hydrogen-bond acceptors (Lipinski definition) is 6. The summed E-state index contributed by atoms with van der Waals surface area (Å²) < 4.78 is 5.02. The zero-order chi connectivity index (χ0) is 25.6. The second-order valence-corrected chi connectivity index (χ2v) is 8.17. The maximum atomic E-state index is 13.2. The van der Waals surface area contributed by atoms with Crippen molar-refractivity contribution < 1.29 is 23.9 Å². The summed E-state index contributed by atoms with van der Waals surface area (Å²) in [6.07, 6.45) is -0.0853. The number of rotatable bonds is 9. The van der Waals surface area contributed by atoms with Gasteiger partial charge in [0.1, 0.15) is 17.9 Å². The number of urea groups is 1. The highest BCUT2D eigenvalue weighted by atomic mass is 16.5. The maximum absolute atomic E-state index is 13.2. The number of nitrogens with zero attached hydrogens (tertiary/aromatic N) is 2. The number of esters is 1. The number of imide groups is 1. The first-order valence-electron chi connectivity index (χ1n) is 11.2. The van der Waals surface area contributed by atoms with E-state index >= 15 is 0 Å². The Bertz CT molecular complexity index is 1130. The van der Waals surface area contributed by atoms with Crippen LogP contribution in [0.15, 0.2) is 59.6 Å². The molecule has 1 saturated heterocycles. The van der Waals surface area contributed by atoms with Gasteiger partial charge in [0.25, 0.3) is 5.91 Å². The Hall–Kier alpha value is -4.21. The second-order valence-electron chi connectivity index (χ2n) is 8.17. The van der Waals surface area contributed by atoms with Crippen molar-refractivity contribution >= 4 is 29.7 Å². The number of amidine groups is 1. The Morgan fingerprint density at radius 2 is 1.80 bits per heavy atom. The van der Waals surface area contributed by atoms with Crippen molar-refractivity contribution in [2.24, 2.45) is 10.7 Å². The smallest absolute Gasteiger partial charge is 0.325 e. The fourth-order valence-electron chi connectivity index (χ4n) is 3.85. The second kappa shape index (κ2) is 10.8. The van der Waals surface area contributed by atoms with Gasteiger partial charge in [0.05, 0.1) is 19.1 Å². The number of ether oxygens (including phenoxy) is 1. The molecule has 2 atom stereocenters. The number of amides is 4. The number of aliphatic imine (C=N–C) groups is 1. The van der Waals surface area contributed by atoms with Crippen molar-refractivity contribution in [3.8, 4) is 0 Å². The van der Waals surface area contributed by atoms with E-state index in [2.05, 4.69) is 15.6 Å². The SMILES string of the molecule is CCOC(=O)C[C@@H](NC(=O)CN1C(=O)N[C@](C)(c2ccc(C(N)=NC)cc2)C1=O)c1ccccc1. The van der Waals surface area contributed by atoms with Gasteiger partial charge in [-0.3, -0.25) is 24.3 Å². The summed E-state index contributed by atoms with van der Waals surface area (Å²) in [6, 6.07) is 14.3. The predicted octanol–water partition coefficient (Wildman–Crippen LogP) is 1.60. The van der Waals surface area contributed by atoms with Crippen molar-refractivity contribution in [2.75, 3.05) is 20.2 Å². The van der Waals surface area contributed by atoms with Gasteiger partial charge in [-0.25, -0.2) is 4.79 Å². The van der Waals surface area contributed by atoms with Crippen molar-refractivity contribution in [2.45, 2.75) is 31.8 Å². The van der Waals surface area contributed by atoms with Crippen LogP contribution in [0.1, 0.15) is 43.0 Å². The molecule has 0 aromatic heterocycles. The molecule has 0 aliphatic carbocycles. The van der Waals surface area contributed by atoms with Gasteiger partial charge in [-0.1, -0.05) is 54.6 Å². The molecule has 2 aromatic rings.